The van der Waals surface area contributed by atoms with E-state index in [1.54, 1.807) is 0 Å². The first-order valence-corrected chi connectivity index (χ1v) is 10.5. The van der Waals surface area contributed by atoms with E-state index in [0.29, 0.717) is 24.9 Å². The third kappa shape index (κ3) is 4.48. The Kier molecular flexibility index (Phi) is 5.76. The number of rotatable bonds is 6. The summed E-state index contributed by atoms with van der Waals surface area (Å²) in [4.78, 5) is 24.1. The van der Waals surface area contributed by atoms with E-state index in [4.69, 9.17) is 4.52 Å². The van der Waals surface area contributed by atoms with Crippen molar-refractivity contribution in [1.82, 2.24) is 10.5 Å². The van der Waals surface area contributed by atoms with E-state index in [0.717, 1.165) is 41.1 Å². The fourth-order valence-electron chi connectivity index (χ4n) is 4.39. The van der Waals surface area contributed by atoms with Gasteiger partial charge in [-0.3, -0.25) is 9.59 Å². The van der Waals surface area contributed by atoms with Gasteiger partial charge in [0.2, 0.25) is 11.8 Å². The van der Waals surface area contributed by atoms with Crippen molar-refractivity contribution in [2.45, 2.75) is 70.6 Å². The Balaban J connectivity index is 1.57. The topological polar surface area (TPSA) is 116 Å². The highest BCUT2D eigenvalue weighted by atomic mass is 16.5. The predicted molar refractivity (Wildman–Crippen MR) is 113 cm³/mol. The van der Waals surface area contributed by atoms with Crippen molar-refractivity contribution in [2.75, 3.05) is 10.6 Å². The lowest BCUT2D eigenvalue weighted by atomic mass is 10.0. The Morgan fingerprint density at radius 1 is 1.27 bits per heavy atom. The van der Waals surface area contributed by atoms with Crippen LogP contribution in [0.25, 0.3) is 11.1 Å². The van der Waals surface area contributed by atoms with Gasteiger partial charge in [-0.2, -0.15) is 0 Å². The Bertz CT molecular complexity index is 935. The molecule has 0 unspecified atom stereocenters. The molecule has 30 heavy (non-hydrogen) atoms. The molecule has 1 saturated carbocycles. The van der Waals surface area contributed by atoms with Crippen LogP contribution in [0.2, 0.25) is 0 Å². The Labute approximate surface area is 175 Å². The molecule has 2 aromatic rings. The number of aromatic nitrogens is 1. The minimum Gasteiger partial charge on any atom is -0.393 e. The molecular weight excluding hydrogens is 384 g/mol. The quantitative estimate of drug-likeness (QED) is 0.580. The first-order chi connectivity index (χ1) is 14.4. The molecule has 4 N–H and O–H groups in total. The molecule has 1 aromatic heterocycles. The molecule has 160 valence electrons. The van der Waals surface area contributed by atoms with Gasteiger partial charge in [0.25, 0.3) is 0 Å². The van der Waals surface area contributed by atoms with Crippen LogP contribution in [-0.2, 0) is 9.59 Å². The number of aliphatic hydroxyl groups excluding tert-OH is 1. The van der Waals surface area contributed by atoms with Gasteiger partial charge in [-0.05, 0) is 57.2 Å². The molecule has 2 amide bonds. The molecule has 4 rings (SSSR count). The maximum Gasteiger partial charge on any atom is 0.226 e. The molecule has 2 heterocycles. The molecule has 0 spiro atoms. The second kappa shape index (κ2) is 8.47. The number of nitrogens with zero attached hydrogens (tertiary/aromatic N) is 1. The molecule has 1 aliphatic heterocycles. The van der Waals surface area contributed by atoms with Gasteiger partial charge in [-0.1, -0.05) is 11.2 Å². The minimum absolute atomic E-state index is 0.00430. The zero-order valence-electron chi connectivity index (χ0n) is 17.3. The minimum atomic E-state index is -0.284. The second-order valence-corrected chi connectivity index (χ2v) is 8.32. The number of aliphatic hydroxyl groups is 1. The number of hydrogen-bond donors (Lipinski definition) is 4. The molecule has 8 nitrogen and oxygen atoms in total. The van der Waals surface area contributed by atoms with E-state index < -0.39 is 0 Å². The highest BCUT2D eigenvalue weighted by Crippen LogP contribution is 2.34. The van der Waals surface area contributed by atoms with Crippen LogP contribution in [0.3, 0.4) is 0 Å². The lowest BCUT2D eigenvalue weighted by molar-refractivity contribution is -0.119. The van der Waals surface area contributed by atoms with E-state index in [1.807, 2.05) is 32.0 Å². The van der Waals surface area contributed by atoms with Crippen LogP contribution < -0.4 is 16.0 Å². The zero-order valence-corrected chi connectivity index (χ0v) is 17.3. The molecule has 2 aliphatic rings. The van der Waals surface area contributed by atoms with Crippen molar-refractivity contribution in [3.8, 4) is 11.1 Å². The monoisotopic (exact) mass is 412 g/mol. The number of aryl methyl sites for hydroxylation is 2. The lowest BCUT2D eigenvalue weighted by Gasteiger charge is -2.19. The molecule has 1 aliphatic carbocycles. The van der Waals surface area contributed by atoms with Gasteiger partial charge in [0, 0.05) is 30.5 Å². The fourth-order valence-corrected chi connectivity index (χ4v) is 4.39. The number of nitrogens with one attached hydrogen (secondary N) is 3. The molecule has 0 radical (unpaired) electrons. The fraction of sp³-hybridized carbons (Fsp3) is 0.500. The van der Waals surface area contributed by atoms with Gasteiger partial charge in [-0.15, -0.1) is 0 Å². The number of amides is 2. The smallest absolute Gasteiger partial charge is 0.226 e. The Hall–Kier alpha value is -2.87. The summed E-state index contributed by atoms with van der Waals surface area (Å²) in [6, 6.07) is 5.89. The van der Waals surface area contributed by atoms with Gasteiger partial charge in [-0.25, -0.2) is 0 Å². The van der Waals surface area contributed by atoms with Crippen molar-refractivity contribution in [1.29, 1.82) is 0 Å². The van der Waals surface area contributed by atoms with Gasteiger partial charge in [0.15, 0.2) is 0 Å². The summed E-state index contributed by atoms with van der Waals surface area (Å²) in [5.41, 5.74) is 4.10. The number of carbonyl (C=O) groups is 2. The molecule has 1 aromatic carbocycles. The molecule has 8 heteroatoms. The summed E-state index contributed by atoms with van der Waals surface area (Å²) >= 11 is 0. The van der Waals surface area contributed by atoms with Crippen LogP contribution in [0.1, 0.15) is 50.0 Å². The Morgan fingerprint density at radius 2 is 2.10 bits per heavy atom. The molecule has 0 bridgehead atoms. The number of hydrogen-bond acceptors (Lipinski definition) is 6. The summed E-state index contributed by atoms with van der Waals surface area (Å²) < 4.78 is 5.30. The van der Waals surface area contributed by atoms with E-state index in [-0.39, 0.29) is 36.4 Å². The summed E-state index contributed by atoms with van der Waals surface area (Å²) in [6.45, 7) is 3.75. The first-order valence-electron chi connectivity index (χ1n) is 10.5. The van der Waals surface area contributed by atoms with Crippen LogP contribution in [0.15, 0.2) is 22.7 Å². The summed E-state index contributed by atoms with van der Waals surface area (Å²) in [6.07, 6.45) is 3.45. The summed E-state index contributed by atoms with van der Waals surface area (Å²) in [5, 5.41) is 23.2. The van der Waals surface area contributed by atoms with Crippen molar-refractivity contribution >= 4 is 23.2 Å². The number of anilines is 2. The van der Waals surface area contributed by atoms with Crippen LogP contribution in [-0.4, -0.2) is 40.3 Å². The van der Waals surface area contributed by atoms with E-state index in [1.165, 1.54) is 0 Å². The van der Waals surface area contributed by atoms with Crippen LogP contribution >= 0.6 is 0 Å². The van der Waals surface area contributed by atoms with Gasteiger partial charge in [0.05, 0.1) is 23.2 Å². The third-order valence-corrected chi connectivity index (χ3v) is 5.90. The standard InChI is InChI=1S/C22H28N4O4/c1-12-22(13(2)30-26-12)14-3-7-18(23-15-4-6-17(27)10-15)19(9-14)25-21(29)11-16-5-8-20(28)24-16/h3,7,9,15-17,23,27H,4-6,8,10-11H2,1-2H3,(H,24,28)(H,25,29)/t15-,16+,17-/m1/s1. The molecule has 1 saturated heterocycles. The van der Waals surface area contributed by atoms with E-state index in [9.17, 15) is 14.7 Å². The van der Waals surface area contributed by atoms with Gasteiger partial charge < -0.3 is 25.6 Å². The zero-order chi connectivity index (χ0) is 21.3. The van der Waals surface area contributed by atoms with Crippen molar-refractivity contribution in [3.05, 3.63) is 29.7 Å². The summed E-state index contributed by atoms with van der Waals surface area (Å²) in [5.74, 6) is 0.570. The van der Waals surface area contributed by atoms with Crippen LogP contribution in [0, 0.1) is 13.8 Å². The average Bonchev–Trinajstić information content (AvgIpc) is 3.38. The van der Waals surface area contributed by atoms with E-state index >= 15 is 0 Å². The number of benzene rings is 1. The normalized spacial score (nSPS) is 23.4. The highest BCUT2D eigenvalue weighted by molar-refractivity contribution is 5.96. The lowest BCUT2D eigenvalue weighted by Crippen LogP contribution is -2.30. The van der Waals surface area contributed by atoms with Crippen LogP contribution in [0.4, 0.5) is 11.4 Å². The number of carbonyl (C=O) groups excluding carboxylic acids is 2. The van der Waals surface area contributed by atoms with Crippen molar-refractivity contribution < 1.29 is 19.2 Å². The Morgan fingerprint density at radius 3 is 2.73 bits per heavy atom. The predicted octanol–water partition coefficient (Wildman–Crippen LogP) is 2.89. The third-order valence-electron chi connectivity index (χ3n) is 5.90. The van der Waals surface area contributed by atoms with Gasteiger partial charge in [0.1, 0.15) is 5.76 Å². The molecule has 3 atom stereocenters. The SMILES string of the molecule is Cc1noc(C)c1-c1ccc(N[C@@H]2CC[C@@H](O)C2)c(NC(=O)C[C@@H]2CCC(=O)N2)c1. The largest absolute Gasteiger partial charge is 0.393 e. The maximum absolute atomic E-state index is 12.7. The highest BCUT2D eigenvalue weighted by Gasteiger charge is 2.26. The second-order valence-electron chi connectivity index (χ2n) is 8.32. The van der Waals surface area contributed by atoms with Crippen LogP contribution in [0.5, 0.6) is 0 Å². The maximum atomic E-state index is 12.7. The summed E-state index contributed by atoms with van der Waals surface area (Å²) in [7, 11) is 0. The van der Waals surface area contributed by atoms with Crippen molar-refractivity contribution in [3.63, 3.8) is 0 Å². The first kappa shape index (κ1) is 20.4. The molecular formula is C22H28N4O4. The van der Waals surface area contributed by atoms with E-state index in [2.05, 4.69) is 21.1 Å². The molecule has 2 fully saturated rings. The van der Waals surface area contributed by atoms with Gasteiger partial charge >= 0.3 is 0 Å². The van der Waals surface area contributed by atoms with Crippen molar-refractivity contribution in [2.24, 2.45) is 0 Å². The average molecular weight is 412 g/mol.